The van der Waals surface area contributed by atoms with Crippen LogP contribution in [0.4, 0.5) is 19.1 Å². The first-order valence-corrected chi connectivity index (χ1v) is 8.12. The van der Waals surface area contributed by atoms with Crippen LogP contribution in [0.3, 0.4) is 0 Å². The molecule has 0 radical (unpaired) electrons. The molecule has 1 saturated heterocycles. The smallest absolute Gasteiger partial charge is 0.379 e. The summed E-state index contributed by atoms with van der Waals surface area (Å²) >= 11 is 0. The van der Waals surface area contributed by atoms with Gasteiger partial charge in [-0.15, -0.1) is 0 Å². The molecule has 138 valence electrons. The van der Waals surface area contributed by atoms with E-state index in [0.29, 0.717) is 18.8 Å². The number of nitrogens with zero attached hydrogens (tertiary/aromatic N) is 4. The molecule has 1 unspecified atom stereocenters. The molecule has 0 spiro atoms. The normalized spacial score (nSPS) is 17.2. The first-order valence-electron chi connectivity index (χ1n) is 8.12. The summed E-state index contributed by atoms with van der Waals surface area (Å²) in [5, 5.41) is 12.7. The van der Waals surface area contributed by atoms with Crippen molar-refractivity contribution in [1.29, 1.82) is 5.26 Å². The van der Waals surface area contributed by atoms with Gasteiger partial charge in [0.25, 0.3) is 0 Å². The molecule has 27 heavy (non-hydrogen) atoms. The van der Waals surface area contributed by atoms with Crippen LogP contribution in [-0.2, 0) is 10.9 Å². The summed E-state index contributed by atoms with van der Waals surface area (Å²) in [6.45, 7) is 1.15. The van der Waals surface area contributed by atoms with Crippen molar-refractivity contribution in [1.82, 2.24) is 19.9 Å². The van der Waals surface area contributed by atoms with Crippen LogP contribution in [0, 0.1) is 11.3 Å². The van der Waals surface area contributed by atoms with E-state index in [1.807, 2.05) is 6.07 Å². The van der Waals surface area contributed by atoms with Crippen LogP contribution in [0.1, 0.15) is 17.5 Å². The van der Waals surface area contributed by atoms with Gasteiger partial charge in [-0.2, -0.15) is 18.4 Å². The van der Waals surface area contributed by atoms with Gasteiger partial charge in [-0.25, -0.2) is 15.0 Å². The van der Waals surface area contributed by atoms with E-state index < -0.39 is 11.7 Å². The summed E-state index contributed by atoms with van der Waals surface area (Å²) in [6.07, 6.45) is -0.121. The lowest BCUT2D eigenvalue weighted by molar-refractivity contribution is -0.137. The zero-order valence-corrected chi connectivity index (χ0v) is 13.8. The van der Waals surface area contributed by atoms with Crippen molar-refractivity contribution in [2.24, 2.45) is 0 Å². The Bertz CT molecular complexity index is 1030. The SMILES string of the molecule is N#Cc1cnc(NC2CCOC2)nc1-c1c[nH]c2ncc(C(F)(F)F)cc12. The van der Waals surface area contributed by atoms with Gasteiger partial charge in [0, 0.05) is 30.0 Å². The number of aromatic amines is 1. The fraction of sp³-hybridized carbons (Fsp3) is 0.294. The third kappa shape index (κ3) is 3.29. The minimum absolute atomic E-state index is 0.0484. The molecule has 7 nitrogen and oxygen atoms in total. The largest absolute Gasteiger partial charge is 0.417 e. The van der Waals surface area contributed by atoms with Crippen LogP contribution in [0.5, 0.6) is 0 Å². The Balaban J connectivity index is 1.80. The van der Waals surface area contributed by atoms with Crippen molar-refractivity contribution in [2.45, 2.75) is 18.6 Å². The van der Waals surface area contributed by atoms with Crippen molar-refractivity contribution in [3.63, 3.8) is 0 Å². The number of H-pyrrole nitrogens is 1. The molecule has 0 bridgehead atoms. The van der Waals surface area contributed by atoms with Gasteiger partial charge < -0.3 is 15.0 Å². The number of anilines is 1. The van der Waals surface area contributed by atoms with E-state index in [-0.39, 0.29) is 34.3 Å². The molecule has 0 aromatic carbocycles. The van der Waals surface area contributed by atoms with E-state index in [2.05, 4.69) is 25.3 Å². The second-order valence-corrected chi connectivity index (χ2v) is 6.09. The summed E-state index contributed by atoms with van der Waals surface area (Å²) in [5.74, 6) is 0.286. The molecule has 1 fully saturated rings. The number of nitriles is 1. The maximum absolute atomic E-state index is 13.0. The zero-order chi connectivity index (χ0) is 19.0. The minimum Gasteiger partial charge on any atom is -0.379 e. The standard InChI is InChI=1S/C17H13F3N6O/c18-17(19,20)10-3-12-13(7-23-15(12)22-6-10)14-9(4-21)5-24-16(26-14)25-11-1-2-27-8-11/h3,5-7,11H,1-2,8H2,(H,22,23)(H,24,25,26). The second-order valence-electron chi connectivity index (χ2n) is 6.09. The number of halogens is 3. The maximum Gasteiger partial charge on any atom is 0.417 e. The number of nitrogens with one attached hydrogen (secondary N) is 2. The molecule has 1 atom stereocenters. The fourth-order valence-corrected chi connectivity index (χ4v) is 2.92. The van der Waals surface area contributed by atoms with E-state index in [9.17, 15) is 18.4 Å². The van der Waals surface area contributed by atoms with Crippen molar-refractivity contribution in [2.75, 3.05) is 18.5 Å². The molecular weight excluding hydrogens is 361 g/mol. The van der Waals surface area contributed by atoms with Crippen molar-refractivity contribution < 1.29 is 17.9 Å². The Morgan fingerprint density at radius 3 is 2.85 bits per heavy atom. The highest BCUT2D eigenvalue weighted by Gasteiger charge is 2.31. The average Bonchev–Trinajstić information content (AvgIpc) is 3.29. The van der Waals surface area contributed by atoms with Gasteiger partial charge in [0.15, 0.2) is 0 Å². The van der Waals surface area contributed by atoms with Gasteiger partial charge in [-0.05, 0) is 12.5 Å². The number of alkyl halides is 3. The Morgan fingerprint density at radius 2 is 2.15 bits per heavy atom. The number of rotatable bonds is 3. The first-order chi connectivity index (χ1) is 13.0. The lowest BCUT2D eigenvalue weighted by atomic mass is 10.1. The predicted molar refractivity (Wildman–Crippen MR) is 89.7 cm³/mol. The van der Waals surface area contributed by atoms with E-state index in [1.165, 1.54) is 12.4 Å². The Hall–Kier alpha value is -3.19. The number of ether oxygens (including phenoxy) is 1. The highest BCUT2D eigenvalue weighted by atomic mass is 19.4. The summed E-state index contributed by atoms with van der Waals surface area (Å²) < 4.78 is 44.4. The summed E-state index contributed by atoms with van der Waals surface area (Å²) in [5.41, 5.74) is 0.153. The summed E-state index contributed by atoms with van der Waals surface area (Å²) in [6, 6.07) is 3.02. The molecule has 3 aromatic rings. The second kappa shape index (κ2) is 6.51. The van der Waals surface area contributed by atoms with Crippen LogP contribution in [0.25, 0.3) is 22.3 Å². The highest BCUT2D eigenvalue weighted by molar-refractivity contribution is 5.94. The van der Waals surface area contributed by atoms with Crippen LogP contribution in [-0.4, -0.2) is 39.2 Å². The van der Waals surface area contributed by atoms with Crippen molar-refractivity contribution in [3.8, 4) is 17.3 Å². The minimum atomic E-state index is -4.52. The number of pyridine rings is 1. The Labute approximate surface area is 151 Å². The van der Waals surface area contributed by atoms with E-state index >= 15 is 0 Å². The van der Waals surface area contributed by atoms with Gasteiger partial charge in [0.05, 0.1) is 35.7 Å². The van der Waals surface area contributed by atoms with Crippen LogP contribution < -0.4 is 5.32 Å². The van der Waals surface area contributed by atoms with E-state index in [0.717, 1.165) is 18.7 Å². The van der Waals surface area contributed by atoms with Gasteiger partial charge in [-0.1, -0.05) is 0 Å². The van der Waals surface area contributed by atoms with Crippen molar-refractivity contribution in [3.05, 3.63) is 35.8 Å². The van der Waals surface area contributed by atoms with Crippen molar-refractivity contribution >= 4 is 17.0 Å². The number of hydrogen-bond acceptors (Lipinski definition) is 6. The Kier molecular flexibility index (Phi) is 4.16. The molecule has 0 saturated carbocycles. The number of fused-ring (bicyclic) bond motifs is 1. The molecule has 0 aliphatic carbocycles. The molecule has 0 amide bonds. The van der Waals surface area contributed by atoms with Gasteiger partial charge >= 0.3 is 6.18 Å². The first kappa shape index (κ1) is 17.2. The quantitative estimate of drug-likeness (QED) is 0.731. The maximum atomic E-state index is 13.0. The third-order valence-electron chi connectivity index (χ3n) is 4.29. The molecular formula is C17H13F3N6O. The molecule has 2 N–H and O–H groups in total. The van der Waals surface area contributed by atoms with Gasteiger partial charge in [-0.3, -0.25) is 0 Å². The molecule has 1 aliphatic heterocycles. The third-order valence-corrected chi connectivity index (χ3v) is 4.29. The monoisotopic (exact) mass is 374 g/mol. The number of aromatic nitrogens is 4. The Morgan fingerprint density at radius 1 is 1.30 bits per heavy atom. The topological polar surface area (TPSA) is 99.5 Å². The molecule has 3 aromatic heterocycles. The van der Waals surface area contributed by atoms with Gasteiger partial charge in [0.1, 0.15) is 11.7 Å². The molecule has 1 aliphatic rings. The number of hydrogen-bond donors (Lipinski definition) is 2. The highest BCUT2D eigenvalue weighted by Crippen LogP contribution is 2.34. The molecule has 10 heteroatoms. The lowest BCUT2D eigenvalue weighted by Gasteiger charge is -2.12. The van der Waals surface area contributed by atoms with E-state index in [1.54, 1.807) is 0 Å². The fourth-order valence-electron chi connectivity index (χ4n) is 2.92. The summed E-state index contributed by atoms with van der Waals surface area (Å²) in [7, 11) is 0. The van der Waals surface area contributed by atoms with Gasteiger partial charge in [0.2, 0.25) is 5.95 Å². The molecule has 4 rings (SSSR count). The summed E-state index contributed by atoms with van der Waals surface area (Å²) in [4.78, 5) is 15.1. The lowest BCUT2D eigenvalue weighted by Crippen LogP contribution is -2.20. The van der Waals surface area contributed by atoms with Crippen LogP contribution in [0.2, 0.25) is 0 Å². The van der Waals surface area contributed by atoms with Crippen LogP contribution in [0.15, 0.2) is 24.7 Å². The van der Waals surface area contributed by atoms with E-state index in [4.69, 9.17) is 4.74 Å². The predicted octanol–water partition coefficient (Wildman–Crippen LogP) is 3.11. The molecule has 4 heterocycles. The average molecular weight is 374 g/mol. The zero-order valence-electron chi connectivity index (χ0n) is 13.8. The van der Waals surface area contributed by atoms with Crippen LogP contribution >= 0.6 is 0 Å².